The van der Waals surface area contributed by atoms with Crippen LogP contribution in [0, 0.1) is 11.7 Å². The first-order valence-electron chi connectivity index (χ1n) is 11.2. The van der Waals surface area contributed by atoms with E-state index in [9.17, 15) is 4.39 Å². The summed E-state index contributed by atoms with van der Waals surface area (Å²) in [6.45, 7) is 4.29. The van der Waals surface area contributed by atoms with Gasteiger partial charge in [0, 0.05) is 0 Å². The molecule has 0 nitrogen and oxygen atoms in total. The maximum atomic E-state index is 14.4. The van der Waals surface area contributed by atoms with Crippen LogP contribution in [0.3, 0.4) is 0 Å². The molecule has 0 unspecified atom stereocenters. The number of rotatable bonds is 8. The number of allylic oxidation sites excluding steroid dienone is 2. The highest BCUT2D eigenvalue weighted by Crippen LogP contribution is 2.38. The monoisotopic (exact) mass is 378 g/mol. The second-order valence-corrected chi connectivity index (χ2v) is 8.40. The molecule has 3 rings (SSSR count). The Labute approximate surface area is 170 Å². The average Bonchev–Trinajstić information content (AvgIpc) is 2.74. The van der Waals surface area contributed by atoms with Gasteiger partial charge in [0.15, 0.2) is 0 Å². The number of halogens is 1. The third-order valence-electron chi connectivity index (χ3n) is 6.40. The molecule has 1 fully saturated rings. The molecule has 0 aliphatic heterocycles. The van der Waals surface area contributed by atoms with Gasteiger partial charge in [0.05, 0.1) is 0 Å². The highest BCUT2D eigenvalue weighted by Gasteiger charge is 2.21. The molecule has 0 aromatic heterocycles. The maximum absolute atomic E-state index is 14.4. The lowest BCUT2D eigenvalue weighted by molar-refractivity contribution is 0.304. The summed E-state index contributed by atoms with van der Waals surface area (Å²) in [4.78, 5) is 0. The van der Waals surface area contributed by atoms with E-state index in [1.165, 1.54) is 50.5 Å². The predicted molar refractivity (Wildman–Crippen MR) is 119 cm³/mol. The molecule has 28 heavy (non-hydrogen) atoms. The van der Waals surface area contributed by atoms with Crippen molar-refractivity contribution in [2.45, 2.75) is 77.6 Å². The van der Waals surface area contributed by atoms with Gasteiger partial charge in [-0.3, -0.25) is 0 Å². The van der Waals surface area contributed by atoms with E-state index in [0.29, 0.717) is 5.92 Å². The molecule has 150 valence electrons. The summed E-state index contributed by atoms with van der Waals surface area (Å²) in [5.41, 5.74) is 4.35. The lowest BCUT2D eigenvalue weighted by Crippen LogP contribution is -2.13. The fraction of sp³-hybridized carbons (Fsp3) is 0.481. The fourth-order valence-corrected chi connectivity index (χ4v) is 4.56. The van der Waals surface area contributed by atoms with Crippen molar-refractivity contribution in [3.05, 3.63) is 71.6 Å². The molecule has 0 amide bonds. The van der Waals surface area contributed by atoms with Crippen LogP contribution in [0.1, 0.15) is 82.3 Å². The van der Waals surface area contributed by atoms with Crippen molar-refractivity contribution in [2.24, 2.45) is 5.92 Å². The first-order chi connectivity index (χ1) is 13.7. The Balaban J connectivity index is 1.61. The third kappa shape index (κ3) is 5.56. The van der Waals surface area contributed by atoms with Gasteiger partial charge in [-0.25, -0.2) is 4.39 Å². The standard InChI is InChI=1S/C27H35F/c1-3-5-7-9-25-18-19-26(20-27(25)28)24-16-14-23(15-17-24)22-12-10-21(11-13-22)8-6-4-2/h3,5,14-22H,4,6-13H2,1-2H3/b5-3+. The van der Waals surface area contributed by atoms with Crippen LogP contribution in [-0.4, -0.2) is 0 Å². The molecule has 0 heterocycles. The van der Waals surface area contributed by atoms with Gasteiger partial charge in [-0.05, 0) is 85.6 Å². The highest BCUT2D eigenvalue weighted by molar-refractivity contribution is 5.64. The zero-order chi connectivity index (χ0) is 19.8. The van der Waals surface area contributed by atoms with E-state index in [-0.39, 0.29) is 5.82 Å². The molecule has 0 saturated heterocycles. The molecule has 1 saturated carbocycles. The Bertz CT molecular complexity index is 748. The van der Waals surface area contributed by atoms with Gasteiger partial charge >= 0.3 is 0 Å². The number of aryl methyl sites for hydroxylation is 1. The van der Waals surface area contributed by atoms with E-state index in [1.807, 2.05) is 19.1 Å². The van der Waals surface area contributed by atoms with E-state index >= 15 is 0 Å². The minimum absolute atomic E-state index is 0.0866. The second kappa shape index (κ2) is 10.6. The van der Waals surface area contributed by atoms with Crippen LogP contribution in [0.2, 0.25) is 0 Å². The lowest BCUT2D eigenvalue weighted by Gasteiger charge is -2.29. The number of unbranched alkanes of at least 4 members (excludes halogenated alkanes) is 1. The summed E-state index contributed by atoms with van der Waals surface area (Å²) in [6.07, 6.45) is 15.3. The van der Waals surface area contributed by atoms with Gasteiger partial charge in [0.2, 0.25) is 0 Å². The van der Waals surface area contributed by atoms with Gasteiger partial charge in [-0.15, -0.1) is 0 Å². The largest absolute Gasteiger partial charge is 0.207 e. The Morgan fingerprint density at radius 3 is 2.32 bits per heavy atom. The Morgan fingerprint density at radius 2 is 1.68 bits per heavy atom. The predicted octanol–water partition coefficient (Wildman–Crippen LogP) is 8.47. The summed E-state index contributed by atoms with van der Waals surface area (Å²) in [6, 6.07) is 14.6. The molecule has 0 atom stereocenters. The molecule has 0 spiro atoms. The van der Waals surface area contributed by atoms with E-state index in [2.05, 4.69) is 43.3 Å². The maximum Gasteiger partial charge on any atom is 0.127 e. The Kier molecular flexibility index (Phi) is 7.89. The summed E-state index contributed by atoms with van der Waals surface area (Å²) >= 11 is 0. The summed E-state index contributed by atoms with van der Waals surface area (Å²) in [5, 5.41) is 0. The Hall–Kier alpha value is -1.89. The van der Waals surface area contributed by atoms with Gasteiger partial charge in [-0.1, -0.05) is 74.7 Å². The third-order valence-corrected chi connectivity index (χ3v) is 6.40. The van der Waals surface area contributed by atoms with E-state index in [1.54, 1.807) is 6.07 Å². The zero-order valence-electron chi connectivity index (χ0n) is 17.6. The molecule has 0 bridgehead atoms. The van der Waals surface area contributed by atoms with Crippen LogP contribution in [0.15, 0.2) is 54.6 Å². The minimum Gasteiger partial charge on any atom is -0.207 e. The van der Waals surface area contributed by atoms with Crippen LogP contribution in [0.4, 0.5) is 4.39 Å². The van der Waals surface area contributed by atoms with E-state index in [4.69, 9.17) is 0 Å². The van der Waals surface area contributed by atoms with Crippen molar-refractivity contribution in [2.75, 3.05) is 0 Å². The summed E-state index contributed by atoms with van der Waals surface area (Å²) in [5.74, 6) is 1.57. The molecule has 1 heteroatoms. The quantitative estimate of drug-likeness (QED) is 0.404. The van der Waals surface area contributed by atoms with Gasteiger partial charge in [0.1, 0.15) is 5.82 Å². The second-order valence-electron chi connectivity index (χ2n) is 8.40. The first kappa shape index (κ1) is 20.8. The van der Waals surface area contributed by atoms with Crippen molar-refractivity contribution in [1.29, 1.82) is 0 Å². The van der Waals surface area contributed by atoms with E-state index in [0.717, 1.165) is 35.4 Å². The van der Waals surface area contributed by atoms with Crippen molar-refractivity contribution in [3.8, 4) is 11.1 Å². The molecule has 1 aliphatic carbocycles. The molecule has 0 radical (unpaired) electrons. The number of hydrogen-bond acceptors (Lipinski definition) is 0. The summed E-state index contributed by atoms with van der Waals surface area (Å²) < 4.78 is 14.4. The van der Waals surface area contributed by atoms with Gasteiger partial charge in [-0.2, -0.15) is 0 Å². The highest BCUT2D eigenvalue weighted by atomic mass is 19.1. The molecule has 0 N–H and O–H groups in total. The van der Waals surface area contributed by atoms with Crippen molar-refractivity contribution < 1.29 is 4.39 Å². The normalized spacial score (nSPS) is 20.0. The minimum atomic E-state index is -0.0866. The molecular weight excluding hydrogens is 343 g/mol. The zero-order valence-corrected chi connectivity index (χ0v) is 17.6. The fourth-order valence-electron chi connectivity index (χ4n) is 4.56. The van der Waals surface area contributed by atoms with Crippen LogP contribution < -0.4 is 0 Å². The van der Waals surface area contributed by atoms with E-state index < -0.39 is 0 Å². The van der Waals surface area contributed by atoms with Crippen molar-refractivity contribution in [1.82, 2.24) is 0 Å². The number of hydrogen-bond donors (Lipinski definition) is 0. The lowest BCUT2D eigenvalue weighted by atomic mass is 9.77. The molecule has 2 aromatic carbocycles. The van der Waals surface area contributed by atoms with Crippen LogP contribution in [0.25, 0.3) is 11.1 Å². The van der Waals surface area contributed by atoms with Crippen LogP contribution in [0.5, 0.6) is 0 Å². The SMILES string of the molecule is C/C=C/CCc1ccc(-c2ccc(C3CCC(CCCC)CC3)cc2)cc1F. The van der Waals surface area contributed by atoms with Crippen LogP contribution in [-0.2, 0) is 6.42 Å². The average molecular weight is 379 g/mol. The van der Waals surface area contributed by atoms with Gasteiger partial charge < -0.3 is 0 Å². The first-order valence-corrected chi connectivity index (χ1v) is 11.2. The van der Waals surface area contributed by atoms with Crippen LogP contribution >= 0.6 is 0 Å². The molecule has 1 aliphatic rings. The van der Waals surface area contributed by atoms with Crippen molar-refractivity contribution in [3.63, 3.8) is 0 Å². The van der Waals surface area contributed by atoms with Crippen molar-refractivity contribution >= 4 is 0 Å². The van der Waals surface area contributed by atoms with Gasteiger partial charge in [0.25, 0.3) is 0 Å². The molecular formula is C27H35F. The molecule has 2 aromatic rings. The topological polar surface area (TPSA) is 0 Å². The summed E-state index contributed by atoms with van der Waals surface area (Å²) in [7, 11) is 0. The smallest absolute Gasteiger partial charge is 0.127 e. The number of benzene rings is 2. The Morgan fingerprint density at radius 1 is 0.964 bits per heavy atom.